The maximum absolute atomic E-state index is 5.79. The van der Waals surface area contributed by atoms with Crippen LogP contribution in [0.3, 0.4) is 0 Å². The van der Waals surface area contributed by atoms with E-state index in [1.807, 2.05) is 14.1 Å². The van der Waals surface area contributed by atoms with Crippen molar-refractivity contribution >= 4 is 23.5 Å². The number of hydrogen-bond acceptors (Lipinski definition) is 6. The van der Waals surface area contributed by atoms with Crippen molar-refractivity contribution in [2.75, 3.05) is 38.3 Å². The number of anilines is 2. The molecule has 2 N–H and O–H groups in total. The summed E-state index contributed by atoms with van der Waals surface area (Å²) < 4.78 is 0. The van der Waals surface area contributed by atoms with Crippen LogP contribution in [-0.4, -0.2) is 53.1 Å². The Balaban J connectivity index is 2.72. The van der Waals surface area contributed by atoms with Crippen molar-refractivity contribution in [3.8, 4) is 0 Å². The van der Waals surface area contributed by atoms with Crippen molar-refractivity contribution in [3.63, 3.8) is 0 Å². The SMILES string of the molecule is CNc1nc(Cl)nc(NCC(C)(C)N(C)C)n1. The molecule has 1 aromatic heterocycles. The topological polar surface area (TPSA) is 66.0 Å². The lowest BCUT2D eigenvalue weighted by Crippen LogP contribution is -2.44. The average molecular weight is 259 g/mol. The summed E-state index contributed by atoms with van der Waals surface area (Å²) in [4.78, 5) is 14.2. The van der Waals surface area contributed by atoms with E-state index in [2.05, 4.69) is 44.3 Å². The Morgan fingerprint density at radius 1 is 1.18 bits per heavy atom. The molecule has 0 fully saturated rings. The molecule has 0 spiro atoms. The van der Waals surface area contributed by atoms with Crippen molar-refractivity contribution < 1.29 is 0 Å². The van der Waals surface area contributed by atoms with Gasteiger partial charge >= 0.3 is 0 Å². The average Bonchev–Trinajstić information content (AvgIpc) is 2.25. The Morgan fingerprint density at radius 2 is 1.76 bits per heavy atom. The molecule has 0 aliphatic rings. The van der Waals surface area contributed by atoms with Gasteiger partial charge in [-0.25, -0.2) is 0 Å². The van der Waals surface area contributed by atoms with Crippen LogP contribution in [0.5, 0.6) is 0 Å². The fraction of sp³-hybridized carbons (Fsp3) is 0.700. The summed E-state index contributed by atoms with van der Waals surface area (Å²) in [6.07, 6.45) is 0. The van der Waals surface area contributed by atoms with Gasteiger partial charge in [0, 0.05) is 19.1 Å². The van der Waals surface area contributed by atoms with E-state index in [9.17, 15) is 0 Å². The minimum absolute atomic E-state index is 0.00108. The summed E-state index contributed by atoms with van der Waals surface area (Å²) in [5.74, 6) is 0.930. The maximum Gasteiger partial charge on any atom is 0.228 e. The van der Waals surface area contributed by atoms with Crippen LogP contribution in [0, 0.1) is 0 Å². The first-order valence-corrected chi connectivity index (χ1v) is 5.73. The fourth-order valence-corrected chi connectivity index (χ4v) is 1.15. The van der Waals surface area contributed by atoms with Crippen LogP contribution >= 0.6 is 11.6 Å². The predicted octanol–water partition coefficient (Wildman–Crippen LogP) is 1.32. The van der Waals surface area contributed by atoms with Gasteiger partial charge in [-0.1, -0.05) is 0 Å². The first-order chi connectivity index (χ1) is 7.85. The molecule has 6 nitrogen and oxygen atoms in total. The molecule has 17 heavy (non-hydrogen) atoms. The largest absolute Gasteiger partial charge is 0.357 e. The zero-order valence-electron chi connectivity index (χ0n) is 10.9. The zero-order valence-corrected chi connectivity index (χ0v) is 11.6. The Kier molecular flexibility index (Phi) is 4.47. The normalized spacial score (nSPS) is 11.7. The molecule has 0 unspecified atom stereocenters. The third kappa shape index (κ3) is 3.98. The molecule has 7 heteroatoms. The molecule has 1 heterocycles. The summed E-state index contributed by atoms with van der Waals surface area (Å²) in [6, 6.07) is 0. The molecule has 1 rings (SSSR count). The standard InChI is InChI=1S/C10H19ClN6/c1-10(2,17(4)5)6-13-9-15-7(11)14-8(12-3)16-9/h6H2,1-5H3,(H2,12,13,14,15,16). The number of hydrogen-bond donors (Lipinski definition) is 2. The highest BCUT2D eigenvalue weighted by Crippen LogP contribution is 2.13. The van der Waals surface area contributed by atoms with E-state index >= 15 is 0 Å². The molecule has 96 valence electrons. The van der Waals surface area contributed by atoms with E-state index < -0.39 is 0 Å². The molecule has 0 radical (unpaired) electrons. The van der Waals surface area contributed by atoms with Crippen LogP contribution in [0.4, 0.5) is 11.9 Å². The van der Waals surface area contributed by atoms with Crippen molar-refractivity contribution in [2.45, 2.75) is 19.4 Å². The number of nitrogens with one attached hydrogen (secondary N) is 2. The Hall–Kier alpha value is -1.14. The van der Waals surface area contributed by atoms with Gasteiger partial charge < -0.3 is 15.5 Å². The van der Waals surface area contributed by atoms with Crippen LogP contribution in [0.2, 0.25) is 5.28 Å². The number of rotatable bonds is 5. The second-order valence-corrected chi connectivity index (χ2v) is 4.90. The van der Waals surface area contributed by atoms with E-state index in [1.54, 1.807) is 7.05 Å². The second kappa shape index (κ2) is 5.46. The van der Waals surface area contributed by atoms with Crippen molar-refractivity contribution in [1.29, 1.82) is 0 Å². The minimum Gasteiger partial charge on any atom is -0.357 e. The minimum atomic E-state index is -0.00108. The molecular formula is C10H19ClN6. The van der Waals surface area contributed by atoms with Gasteiger partial charge in [0.25, 0.3) is 0 Å². The smallest absolute Gasteiger partial charge is 0.228 e. The molecule has 1 aromatic rings. The Bertz CT molecular complexity index is 379. The highest BCUT2D eigenvalue weighted by molar-refractivity contribution is 6.28. The lowest BCUT2D eigenvalue weighted by molar-refractivity contribution is 0.209. The molecular weight excluding hydrogens is 240 g/mol. The molecule has 0 saturated heterocycles. The fourth-order valence-electron chi connectivity index (χ4n) is 0.994. The van der Waals surface area contributed by atoms with Gasteiger partial charge in [0.1, 0.15) is 0 Å². The molecule has 0 bridgehead atoms. The second-order valence-electron chi connectivity index (χ2n) is 4.56. The van der Waals surface area contributed by atoms with Gasteiger partial charge in [0.2, 0.25) is 17.2 Å². The summed E-state index contributed by atoms with van der Waals surface area (Å²) in [6.45, 7) is 4.97. The van der Waals surface area contributed by atoms with E-state index in [0.717, 1.165) is 0 Å². The van der Waals surface area contributed by atoms with Crippen LogP contribution in [0.25, 0.3) is 0 Å². The van der Waals surface area contributed by atoms with E-state index in [1.165, 1.54) is 0 Å². The van der Waals surface area contributed by atoms with E-state index in [0.29, 0.717) is 18.4 Å². The maximum atomic E-state index is 5.79. The summed E-state index contributed by atoms with van der Waals surface area (Å²) in [5, 5.41) is 6.16. The number of halogens is 1. The lowest BCUT2D eigenvalue weighted by Gasteiger charge is -2.32. The first kappa shape index (κ1) is 13.9. The van der Waals surface area contributed by atoms with Crippen molar-refractivity contribution in [1.82, 2.24) is 19.9 Å². The van der Waals surface area contributed by atoms with Crippen molar-refractivity contribution in [3.05, 3.63) is 5.28 Å². The Labute approximate surface area is 107 Å². The van der Waals surface area contributed by atoms with Crippen LogP contribution < -0.4 is 10.6 Å². The van der Waals surface area contributed by atoms with E-state index in [4.69, 9.17) is 11.6 Å². The summed E-state index contributed by atoms with van der Waals surface area (Å²) in [5.41, 5.74) is -0.00108. The molecule has 0 aromatic carbocycles. The Morgan fingerprint density at radius 3 is 2.29 bits per heavy atom. The van der Waals surface area contributed by atoms with Gasteiger partial charge in [0.05, 0.1) is 0 Å². The predicted molar refractivity (Wildman–Crippen MR) is 70.6 cm³/mol. The molecule has 0 saturated carbocycles. The highest BCUT2D eigenvalue weighted by atomic mass is 35.5. The number of nitrogens with zero attached hydrogens (tertiary/aromatic N) is 4. The molecule has 0 aliphatic carbocycles. The highest BCUT2D eigenvalue weighted by Gasteiger charge is 2.20. The summed E-state index contributed by atoms with van der Waals surface area (Å²) >= 11 is 5.79. The number of aromatic nitrogens is 3. The van der Waals surface area contributed by atoms with Gasteiger partial charge in [-0.2, -0.15) is 15.0 Å². The van der Waals surface area contributed by atoms with Gasteiger partial charge in [-0.15, -0.1) is 0 Å². The van der Waals surface area contributed by atoms with Crippen molar-refractivity contribution in [2.24, 2.45) is 0 Å². The van der Waals surface area contributed by atoms with E-state index in [-0.39, 0.29) is 10.8 Å². The van der Waals surface area contributed by atoms with Gasteiger partial charge in [0.15, 0.2) is 0 Å². The zero-order chi connectivity index (χ0) is 13.1. The number of likely N-dealkylation sites (N-methyl/N-ethyl adjacent to an activating group) is 1. The molecule has 0 amide bonds. The van der Waals surface area contributed by atoms with Gasteiger partial charge in [-0.3, -0.25) is 0 Å². The molecule has 0 atom stereocenters. The van der Waals surface area contributed by atoms with Crippen LogP contribution in [-0.2, 0) is 0 Å². The quantitative estimate of drug-likeness (QED) is 0.831. The first-order valence-electron chi connectivity index (χ1n) is 5.36. The third-order valence-electron chi connectivity index (χ3n) is 2.72. The lowest BCUT2D eigenvalue weighted by atomic mass is 10.1. The van der Waals surface area contributed by atoms with Crippen LogP contribution in [0.15, 0.2) is 0 Å². The third-order valence-corrected chi connectivity index (χ3v) is 2.89. The monoisotopic (exact) mass is 258 g/mol. The van der Waals surface area contributed by atoms with Gasteiger partial charge in [-0.05, 0) is 39.5 Å². The van der Waals surface area contributed by atoms with Crippen LogP contribution in [0.1, 0.15) is 13.8 Å². The summed E-state index contributed by atoms with van der Waals surface area (Å²) in [7, 11) is 5.79. The molecule has 0 aliphatic heterocycles.